The van der Waals surface area contributed by atoms with E-state index < -0.39 is 0 Å². The maximum absolute atomic E-state index is 5.66. The molecule has 146 valence electrons. The van der Waals surface area contributed by atoms with Crippen LogP contribution in [-0.4, -0.2) is 30.3 Å². The molecular weight excluding hydrogens is 356 g/mol. The first kappa shape index (κ1) is 19.3. The highest BCUT2D eigenvalue weighted by molar-refractivity contribution is 5.65. The van der Waals surface area contributed by atoms with Crippen LogP contribution in [-0.2, 0) is 0 Å². The van der Waals surface area contributed by atoms with Gasteiger partial charge in [0.05, 0.1) is 26.0 Å². The van der Waals surface area contributed by atoms with Crippen LogP contribution in [0.3, 0.4) is 0 Å². The highest BCUT2D eigenvalue weighted by Crippen LogP contribution is 2.31. The average Bonchev–Trinajstić information content (AvgIpc) is 2.70. The summed E-state index contributed by atoms with van der Waals surface area (Å²) in [6.45, 7) is 4.00. The molecule has 0 aliphatic rings. The van der Waals surface area contributed by atoms with E-state index in [-0.39, 0.29) is 6.10 Å². The monoisotopic (exact) mass is 380 g/mol. The summed E-state index contributed by atoms with van der Waals surface area (Å²) in [5.41, 5.74) is 1.65. The van der Waals surface area contributed by atoms with Gasteiger partial charge in [0.25, 0.3) is 0 Å². The van der Waals surface area contributed by atoms with Gasteiger partial charge >= 0.3 is 0 Å². The van der Waals surface area contributed by atoms with Crippen molar-refractivity contribution < 1.29 is 14.2 Å². The Labute approximate surface area is 164 Å². The first-order valence-corrected chi connectivity index (χ1v) is 8.93. The number of nitrogens with one attached hydrogen (secondary N) is 2. The van der Waals surface area contributed by atoms with Crippen molar-refractivity contribution in [2.45, 2.75) is 20.0 Å². The molecule has 0 bridgehead atoms. The minimum Gasteiger partial charge on any atom is -0.497 e. The Bertz CT molecular complexity index is 914. The Morgan fingerprint density at radius 2 is 1.61 bits per heavy atom. The first-order chi connectivity index (χ1) is 13.6. The number of hydrogen-bond acceptors (Lipinski definition) is 7. The summed E-state index contributed by atoms with van der Waals surface area (Å²) in [5.74, 6) is 3.30. The van der Waals surface area contributed by atoms with Crippen molar-refractivity contribution in [3.63, 3.8) is 0 Å². The molecule has 0 spiro atoms. The molecule has 1 aromatic heterocycles. The highest BCUT2D eigenvalue weighted by Gasteiger charge is 2.08. The highest BCUT2D eigenvalue weighted by atomic mass is 16.5. The molecule has 0 amide bonds. The number of nitrogens with zero attached hydrogens (tertiary/aromatic N) is 2. The summed E-state index contributed by atoms with van der Waals surface area (Å²) in [7, 11) is 3.22. The molecule has 0 aliphatic carbocycles. The molecule has 0 saturated carbocycles. The summed E-state index contributed by atoms with van der Waals surface area (Å²) in [4.78, 5) is 8.77. The number of ether oxygens (including phenoxy) is 3. The van der Waals surface area contributed by atoms with Gasteiger partial charge in [-0.3, -0.25) is 0 Å². The van der Waals surface area contributed by atoms with E-state index >= 15 is 0 Å². The van der Waals surface area contributed by atoms with Crippen LogP contribution < -0.4 is 24.8 Å². The van der Waals surface area contributed by atoms with Gasteiger partial charge in [-0.05, 0) is 56.3 Å². The molecular formula is C21H24N4O3. The zero-order chi connectivity index (χ0) is 19.9. The number of rotatable bonds is 8. The molecule has 0 radical (unpaired) electrons. The molecule has 1 heterocycles. The third kappa shape index (κ3) is 5.03. The molecule has 28 heavy (non-hydrogen) atoms. The van der Waals surface area contributed by atoms with Crippen molar-refractivity contribution in [1.29, 1.82) is 0 Å². The van der Waals surface area contributed by atoms with Gasteiger partial charge in [0, 0.05) is 18.0 Å². The minimum absolute atomic E-state index is 0.143. The average molecular weight is 380 g/mol. The van der Waals surface area contributed by atoms with Crippen molar-refractivity contribution >= 4 is 23.1 Å². The van der Waals surface area contributed by atoms with E-state index in [1.54, 1.807) is 32.5 Å². The Balaban J connectivity index is 1.72. The van der Waals surface area contributed by atoms with Crippen LogP contribution in [0.2, 0.25) is 0 Å². The fourth-order valence-corrected chi connectivity index (χ4v) is 2.55. The van der Waals surface area contributed by atoms with Crippen LogP contribution in [0.1, 0.15) is 13.8 Å². The molecule has 0 unspecified atom stereocenters. The fraction of sp³-hybridized carbons (Fsp3) is 0.238. The van der Waals surface area contributed by atoms with Crippen LogP contribution in [0.5, 0.6) is 17.2 Å². The topological polar surface area (TPSA) is 77.5 Å². The second kappa shape index (κ2) is 8.94. The number of aromatic nitrogens is 2. The Morgan fingerprint density at radius 3 is 2.29 bits per heavy atom. The van der Waals surface area contributed by atoms with Crippen molar-refractivity contribution in [1.82, 2.24) is 9.97 Å². The number of anilines is 4. The van der Waals surface area contributed by atoms with E-state index in [1.807, 2.05) is 50.2 Å². The standard InChI is InChI=1S/C21H24N4O3/c1-14(2)28-16-7-5-15(6-8-16)23-20-11-12-22-21(25-20)24-18-10-9-17(26-3)13-19(18)27-4/h5-14H,1-4H3,(H2,22,23,24,25). The van der Waals surface area contributed by atoms with Gasteiger partial charge in [-0.1, -0.05) is 0 Å². The third-order valence-corrected chi connectivity index (χ3v) is 3.81. The van der Waals surface area contributed by atoms with Crippen molar-refractivity contribution in [3.8, 4) is 17.2 Å². The van der Waals surface area contributed by atoms with Gasteiger partial charge < -0.3 is 24.8 Å². The van der Waals surface area contributed by atoms with Gasteiger partial charge in [-0.25, -0.2) is 4.98 Å². The maximum atomic E-state index is 5.66. The maximum Gasteiger partial charge on any atom is 0.229 e. The lowest BCUT2D eigenvalue weighted by Gasteiger charge is -2.13. The van der Waals surface area contributed by atoms with E-state index in [4.69, 9.17) is 14.2 Å². The van der Waals surface area contributed by atoms with Gasteiger partial charge in [-0.15, -0.1) is 0 Å². The number of methoxy groups -OCH3 is 2. The predicted octanol–water partition coefficient (Wildman–Crippen LogP) is 4.77. The molecule has 7 heteroatoms. The van der Waals surface area contributed by atoms with Gasteiger partial charge in [0.15, 0.2) is 0 Å². The zero-order valence-corrected chi connectivity index (χ0v) is 16.4. The quantitative estimate of drug-likeness (QED) is 0.583. The normalized spacial score (nSPS) is 10.5. The first-order valence-electron chi connectivity index (χ1n) is 8.93. The molecule has 7 nitrogen and oxygen atoms in total. The lowest BCUT2D eigenvalue weighted by Crippen LogP contribution is -2.05. The molecule has 2 aromatic carbocycles. The molecule has 3 aromatic rings. The molecule has 0 atom stereocenters. The summed E-state index contributed by atoms with van der Waals surface area (Å²) in [5, 5.41) is 6.43. The van der Waals surface area contributed by atoms with E-state index in [1.165, 1.54) is 0 Å². The minimum atomic E-state index is 0.143. The fourth-order valence-electron chi connectivity index (χ4n) is 2.55. The van der Waals surface area contributed by atoms with Crippen LogP contribution in [0, 0.1) is 0 Å². The summed E-state index contributed by atoms with van der Waals surface area (Å²) in [6, 6.07) is 15.0. The second-order valence-electron chi connectivity index (χ2n) is 6.27. The zero-order valence-electron chi connectivity index (χ0n) is 16.4. The molecule has 0 aliphatic heterocycles. The molecule has 0 fully saturated rings. The van der Waals surface area contributed by atoms with Crippen LogP contribution in [0.4, 0.5) is 23.1 Å². The summed E-state index contributed by atoms with van der Waals surface area (Å²) in [6.07, 6.45) is 1.83. The van der Waals surface area contributed by atoms with E-state index in [9.17, 15) is 0 Å². The van der Waals surface area contributed by atoms with E-state index in [0.29, 0.717) is 23.3 Å². The smallest absolute Gasteiger partial charge is 0.229 e. The number of hydrogen-bond donors (Lipinski definition) is 2. The van der Waals surface area contributed by atoms with Gasteiger partial charge in [-0.2, -0.15) is 4.98 Å². The molecule has 3 rings (SSSR count). The van der Waals surface area contributed by atoms with Crippen molar-refractivity contribution in [2.75, 3.05) is 24.9 Å². The lowest BCUT2D eigenvalue weighted by molar-refractivity contribution is 0.242. The van der Waals surface area contributed by atoms with Crippen molar-refractivity contribution in [3.05, 3.63) is 54.7 Å². The number of benzene rings is 2. The Kier molecular flexibility index (Phi) is 6.16. The third-order valence-electron chi connectivity index (χ3n) is 3.81. The van der Waals surface area contributed by atoms with Crippen molar-refractivity contribution in [2.24, 2.45) is 0 Å². The SMILES string of the molecule is COc1ccc(Nc2nccc(Nc3ccc(OC(C)C)cc3)n2)c(OC)c1. The van der Waals surface area contributed by atoms with Crippen LogP contribution >= 0.6 is 0 Å². The predicted molar refractivity (Wildman–Crippen MR) is 110 cm³/mol. The van der Waals surface area contributed by atoms with Gasteiger partial charge in [0.2, 0.25) is 5.95 Å². The molecule has 0 saturated heterocycles. The second-order valence-corrected chi connectivity index (χ2v) is 6.27. The van der Waals surface area contributed by atoms with Gasteiger partial charge in [0.1, 0.15) is 23.1 Å². The van der Waals surface area contributed by atoms with E-state index in [0.717, 1.165) is 17.1 Å². The largest absolute Gasteiger partial charge is 0.497 e. The Morgan fingerprint density at radius 1 is 0.857 bits per heavy atom. The van der Waals surface area contributed by atoms with E-state index in [2.05, 4.69) is 20.6 Å². The summed E-state index contributed by atoms with van der Waals surface area (Å²) >= 11 is 0. The lowest BCUT2D eigenvalue weighted by atomic mass is 10.2. The van der Waals surface area contributed by atoms with Crippen LogP contribution in [0.25, 0.3) is 0 Å². The summed E-state index contributed by atoms with van der Waals surface area (Å²) < 4.78 is 16.3. The van der Waals surface area contributed by atoms with Crippen LogP contribution in [0.15, 0.2) is 54.7 Å². The Hall–Kier alpha value is -3.48. The molecule has 2 N–H and O–H groups in total.